The number of anilines is 1. The van der Waals surface area contributed by atoms with E-state index in [1.165, 1.54) is 77.3 Å². The summed E-state index contributed by atoms with van der Waals surface area (Å²) in [6.07, 6.45) is 17.7. The number of amides is 1. The summed E-state index contributed by atoms with van der Waals surface area (Å²) >= 11 is 0. The molecule has 0 radical (unpaired) electrons. The molecule has 0 N–H and O–H groups in total. The lowest BCUT2D eigenvalue weighted by Crippen LogP contribution is -2.51. The largest absolute Gasteiger partial charge is 0.357 e. The van der Waals surface area contributed by atoms with Gasteiger partial charge in [0, 0.05) is 38.4 Å². The van der Waals surface area contributed by atoms with E-state index in [0.29, 0.717) is 5.41 Å². The molecule has 0 aromatic carbocycles. The predicted molar refractivity (Wildman–Crippen MR) is 135 cm³/mol. The Hall–Kier alpha value is -1.62. The Kier molecular flexibility index (Phi) is 7.24. The van der Waals surface area contributed by atoms with Crippen LogP contribution < -0.4 is 4.90 Å². The van der Waals surface area contributed by atoms with Crippen LogP contribution in [0.5, 0.6) is 0 Å². The molecule has 1 aliphatic carbocycles. The van der Waals surface area contributed by atoms with Gasteiger partial charge in [0.1, 0.15) is 5.82 Å². The first kappa shape index (κ1) is 23.1. The van der Waals surface area contributed by atoms with Gasteiger partial charge in [-0.15, -0.1) is 0 Å². The van der Waals surface area contributed by atoms with Crippen molar-refractivity contribution in [3.05, 3.63) is 23.9 Å². The summed E-state index contributed by atoms with van der Waals surface area (Å²) in [7, 11) is 0. The normalized spacial score (nSPS) is 24.8. The first-order valence-electron chi connectivity index (χ1n) is 13.9. The third kappa shape index (κ3) is 5.23. The predicted octanol–water partition coefficient (Wildman–Crippen LogP) is 5.36. The van der Waals surface area contributed by atoms with E-state index in [1.54, 1.807) is 0 Å². The zero-order valence-corrected chi connectivity index (χ0v) is 20.8. The van der Waals surface area contributed by atoms with Crippen molar-refractivity contribution < 1.29 is 4.79 Å². The van der Waals surface area contributed by atoms with Crippen molar-refractivity contribution in [3.63, 3.8) is 0 Å². The molecule has 0 atom stereocenters. The number of unbranched alkanes of at least 4 members (excludes halogenated alkanes) is 1. The minimum Gasteiger partial charge on any atom is -0.357 e. The van der Waals surface area contributed by atoms with Crippen LogP contribution in [0.1, 0.15) is 94.3 Å². The van der Waals surface area contributed by atoms with Crippen LogP contribution in [0.2, 0.25) is 0 Å². The van der Waals surface area contributed by atoms with Gasteiger partial charge < -0.3 is 14.7 Å². The third-order valence-electron chi connectivity index (χ3n) is 9.46. The zero-order chi connectivity index (χ0) is 22.7. The van der Waals surface area contributed by atoms with Crippen LogP contribution in [0, 0.1) is 11.3 Å². The zero-order valence-electron chi connectivity index (χ0n) is 20.8. The molecule has 5 heteroatoms. The van der Waals surface area contributed by atoms with Gasteiger partial charge >= 0.3 is 0 Å². The maximum Gasteiger partial charge on any atom is 0.255 e. The van der Waals surface area contributed by atoms with Gasteiger partial charge in [0.2, 0.25) is 0 Å². The Morgan fingerprint density at radius 1 is 0.970 bits per heavy atom. The summed E-state index contributed by atoms with van der Waals surface area (Å²) in [6.45, 7) is 8.91. The molecule has 4 fully saturated rings. The summed E-state index contributed by atoms with van der Waals surface area (Å²) in [6, 6.07) is 4.99. The van der Waals surface area contributed by atoms with Gasteiger partial charge in [0.05, 0.1) is 5.56 Å². The van der Waals surface area contributed by atoms with Gasteiger partial charge in [0.25, 0.3) is 5.91 Å². The summed E-state index contributed by atoms with van der Waals surface area (Å²) < 4.78 is 0. The SMILES string of the molecule is CCCCC1CCN(C(=O)c2ccc(N3CCC4(CC3)CCN(C3CCC3)CC4)nc2)CC1. The van der Waals surface area contributed by atoms with Crippen molar-refractivity contribution in [1.82, 2.24) is 14.8 Å². The van der Waals surface area contributed by atoms with E-state index in [-0.39, 0.29) is 5.91 Å². The number of piperidine rings is 3. The highest BCUT2D eigenvalue weighted by atomic mass is 16.2. The van der Waals surface area contributed by atoms with Gasteiger partial charge in [-0.05, 0) is 87.9 Å². The lowest BCUT2D eigenvalue weighted by atomic mass is 9.70. The van der Waals surface area contributed by atoms with E-state index < -0.39 is 0 Å². The number of pyridine rings is 1. The van der Waals surface area contributed by atoms with Crippen LogP contribution in [0.15, 0.2) is 18.3 Å². The molecule has 1 spiro atoms. The average Bonchev–Trinajstić information content (AvgIpc) is 2.84. The Morgan fingerprint density at radius 2 is 1.67 bits per heavy atom. The highest BCUT2D eigenvalue weighted by molar-refractivity contribution is 5.94. The molecule has 0 unspecified atom stereocenters. The molecule has 33 heavy (non-hydrogen) atoms. The summed E-state index contributed by atoms with van der Waals surface area (Å²) in [4.78, 5) is 25.0. The first-order valence-corrected chi connectivity index (χ1v) is 13.9. The number of nitrogens with zero attached hydrogens (tertiary/aromatic N) is 4. The summed E-state index contributed by atoms with van der Waals surface area (Å²) in [5, 5.41) is 0. The molecular formula is C28H44N4O. The van der Waals surface area contributed by atoms with E-state index in [9.17, 15) is 4.79 Å². The van der Waals surface area contributed by atoms with Crippen LogP contribution in [0.25, 0.3) is 0 Å². The fourth-order valence-electron chi connectivity index (χ4n) is 6.63. The fourth-order valence-corrected chi connectivity index (χ4v) is 6.63. The van der Waals surface area contributed by atoms with Gasteiger partial charge in [-0.25, -0.2) is 4.98 Å². The molecule has 3 aliphatic heterocycles. The number of carbonyl (C=O) groups is 1. The molecule has 5 rings (SSSR count). The number of hydrogen-bond donors (Lipinski definition) is 0. The Morgan fingerprint density at radius 3 is 2.24 bits per heavy atom. The molecule has 1 amide bonds. The second-order valence-electron chi connectivity index (χ2n) is 11.4. The van der Waals surface area contributed by atoms with Crippen molar-refractivity contribution >= 4 is 11.7 Å². The van der Waals surface area contributed by atoms with E-state index >= 15 is 0 Å². The molecular weight excluding hydrogens is 408 g/mol. The molecule has 3 saturated heterocycles. The first-order chi connectivity index (χ1) is 16.2. The monoisotopic (exact) mass is 452 g/mol. The lowest BCUT2D eigenvalue weighted by Gasteiger charge is -2.50. The van der Waals surface area contributed by atoms with Crippen LogP contribution >= 0.6 is 0 Å². The van der Waals surface area contributed by atoms with E-state index in [0.717, 1.165) is 62.4 Å². The molecule has 5 nitrogen and oxygen atoms in total. The van der Waals surface area contributed by atoms with E-state index in [2.05, 4.69) is 22.8 Å². The van der Waals surface area contributed by atoms with E-state index in [1.807, 2.05) is 17.2 Å². The quantitative estimate of drug-likeness (QED) is 0.583. The fraction of sp³-hybridized carbons (Fsp3) is 0.786. The van der Waals surface area contributed by atoms with Crippen LogP contribution in [-0.4, -0.2) is 66.0 Å². The molecule has 1 saturated carbocycles. The van der Waals surface area contributed by atoms with Crippen molar-refractivity contribution in [1.29, 1.82) is 0 Å². The second-order valence-corrected chi connectivity index (χ2v) is 11.4. The van der Waals surface area contributed by atoms with Crippen LogP contribution in [0.4, 0.5) is 5.82 Å². The van der Waals surface area contributed by atoms with Crippen molar-refractivity contribution in [2.24, 2.45) is 11.3 Å². The second kappa shape index (κ2) is 10.3. The van der Waals surface area contributed by atoms with Crippen LogP contribution in [-0.2, 0) is 0 Å². The Labute approximate surface area is 200 Å². The number of rotatable bonds is 6. The highest BCUT2D eigenvalue weighted by Crippen LogP contribution is 2.43. The maximum atomic E-state index is 13.0. The van der Waals surface area contributed by atoms with E-state index in [4.69, 9.17) is 4.98 Å². The average molecular weight is 453 g/mol. The molecule has 4 aliphatic rings. The van der Waals surface area contributed by atoms with Gasteiger partial charge in [-0.2, -0.15) is 0 Å². The maximum absolute atomic E-state index is 13.0. The summed E-state index contributed by atoms with van der Waals surface area (Å²) in [5.74, 6) is 2.02. The third-order valence-corrected chi connectivity index (χ3v) is 9.46. The Bertz CT molecular complexity index is 764. The topological polar surface area (TPSA) is 39.7 Å². The smallest absolute Gasteiger partial charge is 0.255 e. The highest BCUT2D eigenvalue weighted by Gasteiger charge is 2.39. The summed E-state index contributed by atoms with van der Waals surface area (Å²) in [5.41, 5.74) is 1.32. The minimum atomic E-state index is 0.166. The molecule has 1 aromatic rings. The molecule has 0 bridgehead atoms. The lowest BCUT2D eigenvalue weighted by molar-refractivity contribution is 0.0305. The molecule has 1 aromatic heterocycles. The number of carbonyl (C=O) groups excluding carboxylic acids is 1. The van der Waals surface area contributed by atoms with Gasteiger partial charge in [-0.1, -0.05) is 32.6 Å². The molecule has 182 valence electrons. The number of aromatic nitrogens is 1. The van der Waals surface area contributed by atoms with Crippen molar-refractivity contribution in [3.8, 4) is 0 Å². The van der Waals surface area contributed by atoms with Crippen LogP contribution in [0.3, 0.4) is 0 Å². The van der Waals surface area contributed by atoms with Crippen molar-refractivity contribution in [2.75, 3.05) is 44.2 Å². The van der Waals surface area contributed by atoms with Gasteiger partial charge in [-0.3, -0.25) is 4.79 Å². The van der Waals surface area contributed by atoms with Gasteiger partial charge in [0.15, 0.2) is 0 Å². The number of likely N-dealkylation sites (tertiary alicyclic amines) is 2. The number of hydrogen-bond acceptors (Lipinski definition) is 4. The Balaban J connectivity index is 1.09. The minimum absolute atomic E-state index is 0.166. The standard InChI is InChI=1S/C28H44N4O/c1-2-3-5-23-10-16-32(17-11-23)27(33)24-8-9-26(29-22-24)31-20-14-28(15-21-31)12-18-30(19-13-28)25-6-4-7-25/h8-9,22-23,25H,2-7,10-21H2,1H3. The molecule has 4 heterocycles. The van der Waals surface area contributed by atoms with Crippen molar-refractivity contribution in [2.45, 2.75) is 90.0 Å².